The molecular weight excluding hydrogens is 316 g/mol. The van der Waals surface area contributed by atoms with Crippen LogP contribution < -0.4 is 4.74 Å². The van der Waals surface area contributed by atoms with Crippen molar-refractivity contribution in [3.05, 3.63) is 35.5 Å². The number of hydrogen-bond acceptors (Lipinski definition) is 4. The Balaban J connectivity index is 2.02. The highest BCUT2D eigenvalue weighted by atomic mass is 16.5. The molecule has 5 nitrogen and oxygen atoms in total. The zero-order chi connectivity index (χ0) is 17.8. The number of likely N-dealkylation sites (tertiary alicyclic amines) is 1. The third kappa shape index (κ3) is 3.28. The predicted octanol–water partition coefficient (Wildman–Crippen LogP) is 3.06. The van der Waals surface area contributed by atoms with Crippen LogP contribution in [-0.2, 0) is 9.59 Å². The number of carbonyl (C=O) groups is 2. The standard InChI is InChI=1S/C20H26N2O3/c1-3-4-7-14-22-19(23)17(15-10-5-6-11-16(15)25-2)18(20(22)24)21-12-8-9-13-21/h5-6,10-11H,3-4,7-9,12-14H2,1-2H3. The fourth-order valence-electron chi connectivity index (χ4n) is 3.61. The van der Waals surface area contributed by atoms with Crippen LogP contribution in [0, 0.1) is 0 Å². The molecule has 2 heterocycles. The maximum atomic E-state index is 13.1. The third-order valence-electron chi connectivity index (χ3n) is 4.93. The number of carbonyl (C=O) groups excluding carboxylic acids is 2. The Kier molecular flexibility index (Phi) is 5.41. The fraction of sp³-hybridized carbons (Fsp3) is 0.500. The molecule has 134 valence electrons. The van der Waals surface area contributed by atoms with Crippen LogP contribution in [-0.4, -0.2) is 48.4 Å². The summed E-state index contributed by atoms with van der Waals surface area (Å²) in [5.74, 6) is 0.294. The van der Waals surface area contributed by atoms with Gasteiger partial charge in [0.05, 0.1) is 12.7 Å². The number of nitrogens with zero attached hydrogens (tertiary/aromatic N) is 2. The van der Waals surface area contributed by atoms with Crippen LogP contribution in [0.5, 0.6) is 5.75 Å². The van der Waals surface area contributed by atoms with Crippen molar-refractivity contribution in [2.75, 3.05) is 26.7 Å². The zero-order valence-electron chi connectivity index (χ0n) is 15.1. The van der Waals surface area contributed by atoms with Gasteiger partial charge in [-0.15, -0.1) is 0 Å². The van der Waals surface area contributed by atoms with Gasteiger partial charge in [0.1, 0.15) is 11.4 Å². The molecule has 0 atom stereocenters. The summed E-state index contributed by atoms with van der Waals surface area (Å²) in [6, 6.07) is 7.45. The average molecular weight is 342 g/mol. The van der Waals surface area contributed by atoms with E-state index >= 15 is 0 Å². The minimum Gasteiger partial charge on any atom is -0.496 e. The highest BCUT2D eigenvalue weighted by molar-refractivity contribution is 6.36. The van der Waals surface area contributed by atoms with E-state index in [0.29, 0.717) is 29.1 Å². The van der Waals surface area contributed by atoms with Gasteiger partial charge in [-0.3, -0.25) is 14.5 Å². The highest BCUT2D eigenvalue weighted by Crippen LogP contribution is 2.37. The number of para-hydroxylation sites is 1. The van der Waals surface area contributed by atoms with E-state index in [1.807, 2.05) is 24.3 Å². The lowest BCUT2D eigenvalue weighted by molar-refractivity contribution is -0.137. The average Bonchev–Trinajstić information content (AvgIpc) is 3.23. The van der Waals surface area contributed by atoms with Crippen molar-refractivity contribution in [2.24, 2.45) is 0 Å². The van der Waals surface area contributed by atoms with E-state index in [1.165, 1.54) is 4.90 Å². The van der Waals surface area contributed by atoms with Crippen LogP contribution >= 0.6 is 0 Å². The number of rotatable bonds is 7. The van der Waals surface area contributed by atoms with Gasteiger partial charge in [0, 0.05) is 25.2 Å². The van der Waals surface area contributed by atoms with Crippen molar-refractivity contribution in [3.8, 4) is 5.75 Å². The Morgan fingerprint density at radius 3 is 2.44 bits per heavy atom. The third-order valence-corrected chi connectivity index (χ3v) is 4.93. The summed E-state index contributed by atoms with van der Waals surface area (Å²) in [6.07, 6.45) is 5.03. The second-order valence-corrected chi connectivity index (χ2v) is 6.59. The predicted molar refractivity (Wildman–Crippen MR) is 97.0 cm³/mol. The Bertz CT molecular complexity index is 690. The lowest BCUT2D eigenvalue weighted by Gasteiger charge is -2.20. The molecule has 0 spiro atoms. The Hall–Kier alpha value is -2.30. The van der Waals surface area contributed by atoms with Crippen LogP contribution in [0.1, 0.15) is 44.6 Å². The molecule has 1 aromatic rings. The molecule has 25 heavy (non-hydrogen) atoms. The molecule has 0 radical (unpaired) electrons. The SMILES string of the molecule is CCCCCN1C(=O)C(c2ccccc2OC)=C(N2CCCC2)C1=O. The molecule has 0 N–H and O–H groups in total. The van der Waals surface area contributed by atoms with Crippen molar-refractivity contribution in [3.63, 3.8) is 0 Å². The molecular formula is C20H26N2O3. The van der Waals surface area contributed by atoms with E-state index in [0.717, 1.165) is 45.2 Å². The van der Waals surface area contributed by atoms with Crippen molar-refractivity contribution in [2.45, 2.75) is 39.0 Å². The second kappa shape index (κ2) is 7.72. The monoisotopic (exact) mass is 342 g/mol. The molecule has 3 rings (SSSR count). The first-order valence-electron chi connectivity index (χ1n) is 9.17. The number of imide groups is 1. The molecule has 0 bridgehead atoms. The Labute approximate surface area is 149 Å². The molecule has 0 aliphatic carbocycles. The minimum atomic E-state index is -0.187. The summed E-state index contributed by atoms with van der Waals surface area (Å²) in [5.41, 5.74) is 1.77. The van der Waals surface area contributed by atoms with Crippen molar-refractivity contribution < 1.29 is 14.3 Å². The van der Waals surface area contributed by atoms with Crippen LogP contribution in [0.15, 0.2) is 30.0 Å². The summed E-state index contributed by atoms with van der Waals surface area (Å²) in [5, 5.41) is 0. The number of benzene rings is 1. The number of ether oxygens (including phenoxy) is 1. The Morgan fingerprint density at radius 2 is 1.76 bits per heavy atom. The summed E-state index contributed by atoms with van der Waals surface area (Å²) in [7, 11) is 1.59. The summed E-state index contributed by atoms with van der Waals surface area (Å²) >= 11 is 0. The van der Waals surface area contributed by atoms with E-state index in [1.54, 1.807) is 7.11 Å². The van der Waals surface area contributed by atoms with Gasteiger partial charge in [0.25, 0.3) is 11.8 Å². The fourth-order valence-corrected chi connectivity index (χ4v) is 3.61. The summed E-state index contributed by atoms with van der Waals surface area (Å²) < 4.78 is 5.45. The molecule has 5 heteroatoms. The lowest BCUT2D eigenvalue weighted by atomic mass is 10.0. The zero-order valence-corrected chi connectivity index (χ0v) is 15.1. The highest BCUT2D eigenvalue weighted by Gasteiger charge is 2.42. The lowest BCUT2D eigenvalue weighted by Crippen LogP contribution is -2.35. The van der Waals surface area contributed by atoms with Gasteiger partial charge in [0.15, 0.2) is 0 Å². The van der Waals surface area contributed by atoms with Gasteiger partial charge in [-0.2, -0.15) is 0 Å². The molecule has 1 saturated heterocycles. The van der Waals surface area contributed by atoms with Crippen LogP contribution in [0.2, 0.25) is 0 Å². The van der Waals surface area contributed by atoms with Gasteiger partial charge in [-0.05, 0) is 25.3 Å². The number of hydrogen-bond donors (Lipinski definition) is 0. The van der Waals surface area contributed by atoms with E-state index in [2.05, 4.69) is 11.8 Å². The largest absolute Gasteiger partial charge is 0.496 e. The molecule has 1 fully saturated rings. The smallest absolute Gasteiger partial charge is 0.277 e. The topological polar surface area (TPSA) is 49.9 Å². The Morgan fingerprint density at radius 1 is 1.04 bits per heavy atom. The quantitative estimate of drug-likeness (QED) is 0.564. The molecule has 2 aliphatic heterocycles. The number of methoxy groups -OCH3 is 1. The van der Waals surface area contributed by atoms with E-state index in [4.69, 9.17) is 4.74 Å². The second-order valence-electron chi connectivity index (χ2n) is 6.59. The van der Waals surface area contributed by atoms with E-state index in [-0.39, 0.29) is 11.8 Å². The number of amides is 2. The normalized spacial score (nSPS) is 17.8. The molecule has 2 amide bonds. The van der Waals surface area contributed by atoms with Gasteiger partial charge >= 0.3 is 0 Å². The van der Waals surface area contributed by atoms with Crippen LogP contribution in [0.25, 0.3) is 5.57 Å². The van der Waals surface area contributed by atoms with Crippen LogP contribution in [0.4, 0.5) is 0 Å². The van der Waals surface area contributed by atoms with Gasteiger partial charge in [-0.1, -0.05) is 38.0 Å². The summed E-state index contributed by atoms with van der Waals surface area (Å²) in [4.78, 5) is 29.6. The van der Waals surface area contributed by atoms with Crippen molar-refractivity contribution in [1.82, 2.24) is 9.80 Å². The first-order valence-corrected chi connectivity index (χ1v) is 9.17. The molecule has 2 aliphatic rings. The molecule has 0 unspecified atom stereocenters. The van der Waals surface area contributed by atoms with Gasteiger partial charge in [-0.25, -0.2) is 0 Å². The molecule has 0 saturated carbocycles. The first-order chi connectivity index (χ1) is 12.2. The maximum absolute atomic E-state index is 13.1. The number of unbranched alkanes of at least 4 members (excludes halogenated alkanes) is 2. The molecule has 0 aromatic heterocycles. The van der Waals surface area contributed by atoms with Crippen LogP contribution in [0.3, 0.4) is 0 Å². The molecule has 1 aromatic carbocycles. The van der Waals surface area contributed by atoms with Crippen molar-refractivity contribution in [1.29, 1.82) is 0 Å². The van der Waals surface area contributed by atoms with E-state index < -0.39 is 0 Å². The maximum Gasteiger partial charge on any atom is 0.277 e. The minimum absolute atomic E-state index is 0.149. The van der Waals surface area contributed by atoms with E-state index in [9.17, 15) is 9.59 Å². The van der Waals surface area contributed by atoms with Crippen molar-refractivity contribution >= 4 is 17.4 Å². The first kappa shape index (κ1) is 17.5. The van der Waals surface area contributed by atoms with Gasteiger partial charge in [0.2, 0.25) is 0 Å². The van der Waals surface area contributed by atoms with Gasteiger partial charge < -0.3 is 9.64 Å². The summed E-state index contributed by atoms with van der Waals surface area (Å²) in [6.45, 7) is 4.26.